The van der Waals surface area contributed by atoms with E-state index in [1.165, 1.54) is 6.07 Å². The van der Waals surface area contributed by atoms with Gasteiger partial charge in [-0.05, 0) is 18.2 Å². The Morgan fingerprint density at radius 1 is 1.32 bits per heavy atom. The normalized spacial score (nSPS) is 19.6. The number of rotatable bonds is 3. The molecule has 0 aromatic heterocycles. The van der Waals surface area contributed by atoms with Crippen molar-refractivity contribution in [1.82, 2.24) is 0 Å². The fourth-order valence-corrected chi connectivity index (χ4v) is 2.87. The first-order valence-electron chi connectivity index (χ1n) is 6.03. The summed E-state index contributed by atoms with van der Waals surface area (Å²) in [7, 11) is -3.87. The molecule has 1 fully saturated rings. The minimum atomic E-state index is -4.94. The zero-order valence-electron chi connectivity index (χ0n) is 11.2. The third kappa shape index (κ3) is 3.16. The number of nitrogens with zero attached hydrogens (tertiary/aromatic N) is 1. The summed E-state index contributed by atoms with van der Waals surface area (Å²) < 4.78 is 78.0. The van der Waals surface area contributed by atoms with E-state index in [1.807, 2.05) is 0 Å². The quantitative estimate of drug-likeness (QED) is 0.624. The fourth-order valence-electron chi connectivity index (χ4n) is 2.20. The molecule has 1 aromatic rings. The van der Waals surface area contributed by atoms with Crippen LogP contribution in [0.4, 0.5) is 22.7 Å². The van der Waals surface area contributed by atoms with Gasteiger partial charge < -0.3 is 9.64 Å². The van der Waals surface area contributed by atoms with Crippen LogP contribution in [0.2, 0.25) is 0 Å². The molecule has 1 aromatic carbocycles. The van der Waals surface area contributed by atoms with Crippen molar-refractivity contribution in [3.63, 3.8) is 0 Å². The van der Waals surface area contributed by atoms with E-state index in [2.05, 4.69) is 4.74 Å². The van der Waals surface area contributed by atoms with Crippen LogP contribution in [-0.2, 0) is 21.2 Å². The highest BCUT2D eigenvalue weighted by atomic mass is 32.3. The molecule has 22 heavy (non-hydrogen) atoms. The van der Waals surface area contributed by atoms with Gasteiger partial charge in [0.25, 0.3) is 0 Å². The van der Waals surface area contributed by atoms with Crippen molar-refractivity contribution >= 4 is 21.8 Å². The minimum absolute atomic E-state index is 0.163. The second-order valence-corrected chi connectivity index (χ2v) is 6.31. The lowest BCUT2D eigenvalue weighted by atomic mass is 10.1. The van der Waals surface area contributed by atoms with Gasteiger partial charge >= 0.3 is 16.4 Å². The smallest absolute Gasteiger partial charge is 0.420 e. The Kier molecular flexibility index (Phi) is 4.07. The van der Waals surface area contributed by atoms with Gasteiger partial charge in [-0.25, -0.2) is 0 Å². The highest BCUT2D eigenvalue weighted by Gasteiger charge is 2.40. The highest BCUT2D eigenvalue weighted by molar-refractivity contribution is 7.87. The highest BCUT2D eigenvalue weighted by Crippen LogP contribution is 2.39. The van der Waals surface area contributed by atoms with E-state index >= 15 is 0 Å². The first-order valence-corrected chi connectivity index (χ1v) is 7.47. The van der Waals surface area contributed by atoms with Gasteiger partial charge in [-0.15, -0.1) is 3.89 Å². The van der Waals surface area contributed by atoms with Crippen LogP contribution in [0.1, 0.15) is 12.0 Å². The summed E-state index contributed by atoms with van der Waals surface area (Å²) >= 11 is 0. The number of carbonyl (C=O) groups is 1. The van der Waals surface area contributed by atoms with Crippen LogP contribution in [0.25, 0.3) is 0 Å². The van der Waals surface area contributed by atoms with Gasteiger partial charge in [-0.3, -0.25) is 4.79 Å². The molecular formula is C12H11F4NO4S. The maximum atomic E-state index is 12.9. The summed E-state index contributed by atoms with van der Waals surface area (Å²) in [4.78, 5) is 12.5. The molecule has 1 saturated heterocycles. The number of carbonyl (C=O) groups excluding carboxylic acids is 1. The Morgan fingerprint density at radius 3 is 2.41 bits per heavy atom. The summed E-state index contributed by atoms with van der Waals surface area (Å²) in [6, 6.07) is 2.87. The first kappa shape index (κ1) is 16.5. The maximum Gasteiger partial charge on any atom is 0.420 e. The van der Waals surface area contributed by atoms with Crippen molar-refractivity contribution in [2.75, 3.05) is 18.6 Å². The standard InChI is InChI=1S/C12H11F4NO4S/c1-21-10-3-2-7(4-9(10)12(13,14)15)17-6-8(5-11(17)18)22(16,19)20/h2-4,8H,5-6H2,1H3. The van der Waals surface area contributed by atoms with E-state index < -0.39 is 51.8 Å². The number of methoxy groups -OCH3 is 1. The minimum Gasteiger partial charge on any atom is -0.496 e. The molecule has 0 bridgehead atoms. The first-order chi connectivity index (χ1) is 10.0. The lowest BCUT2D eigenvalue weighted by Gasteiger charge is -2.19. The summed E-state index contributed by atoms with van der Waals surface area (Å²) in [6.07, 6.45) is -5.32. The number of anilines is 1. The van der Waals surface area contributed by atoms with Crippen LogP contribution in [0, 0.1) is 0 Å². The molecular weight excluding hydrogens is 330 g/mol. The molecule has 1 heterocycles. The van der Waals surface area contributed by atoms with Crippen LogP contribution in [0.5, 0.6) is 5.75 Å². The lowest BCUT2D eigenvalue weighted by molar-refractivity contribution is -0.138. The zero-order valence-corrected chi connectivity index (χ0v) is 12.0. The molecule has 1 aliphatic heterocycles. The van der Waals surface area contributed by atoms with Crippen LogP contribution < -0.4 is 9.64 Å². The van der Waals surface area contributed by atoms with Gasteiger partial charge in [0, 0.05) is 18.7 Å². The molecule has 1 amide bonds. The average Bonchev–Trinajstić information content (AvgIpc) is 2.79. The third-order valence-electron chi connectivity index (χ3n) is 3.29. The molecule has 0 radical (unpaired) electrons. The van der Waals surface area contributed by atoms with Gasteiger partial charge in [0.05, 0.1) is 12.7 Å². The van der Waals surface area contributed by atoms with Crippen LogP contribution >= 0.6 is 0 Å². The van der Waals surface area contributed by atoms with E-state index in [0.29, 0.717) is 6.07 Å². The molecule has 2 rings (SSSR count). The number of hydrogen-bond acceptors (Lipinski definition) is 4. The number of alkyl halides is 3. The van der Waals surface area contributed by atoms with Crippen LogP contribution in [-0.4, -0.2) is 33.2 Å². The van der Waals surface area contributed by atoms with Gasteiger partial charge in [-0.2, -0.15) is 21.6 Å². The molecule has 1 atom stereocenters. The number of ether oxygens (including phenoxy) is 1. The van der Waals surface area contributed by atoms with Gasteiger partial charge in [-0.1, -0.05) is 0 Å². The van der Waals surface area contributed by atoms with E-state index in [4.69, 9.17) is 0 Å². The molecule has 0 N–H and O–H groups in total. The van der Waals surface area contributed by atoms with E-state index in [0.717, 1.165) is 18.1 Å². The summed E-state index contributed by atoms with van der Waals surface area (Å²) in [5.74, 6) is -1.19. The molecule has 1 unspecified atom stereocenters. The van der Waals surface area contributed by atoms with Gasteiger partial charge in [0.2, 0.25) is 5.91 Å². The molecule has 122 valence electrons. The Morgan fingerprint density at radius 2 is 1.95 bits per heavy atom. The molecule has 0 saturated carbocycles. The number of hydrogen-bond donors (Lipinski definition) is 0. The predicted molar refractivity (Wildman–Crippen MR) is 68.8 cm³/mol. The van der Waals surface area contributed by atoms with Crippen molar-refractivity contribution < 1.29 is 35.0 Å². The number of amides is 1. The Labute approximate surface area is 123 Å². The Hall–Kier alpha value is -1.84. The maximum absolute atomic E-state index is 12.9. The molecule has 1 aliphatic rings. The van der Waals surface area contributed by atoms with Crippen molar-refractivity contribution in [2.24, 2.45) is 0 Å². The third-order valence-corrected chi connectivity index (χ3v) is 4.40. The van der Waals surface area contributed by atoms with Gasteiger partial charge in [0.1, 0.15) is 11.0 Å². The van der Waals surface area contributed by atoms with Crippen molar-refractivity contribution in [3.05, 3.63) is 23.8 Å². The topological polar surface area (TPSA) is 63.7 Å². The summed E-state index contributed by atoms with van der Waals surface area (Å²) in [6.45, 7) is -0.526. The number of benzene rings is 1. The van der Waals surface area contributed by atoms with E-state index in [1.54, 1.807) is 0 Å². The lowest BCUT2D eigenvalue weighted by Crippen LogP contribution is -2.27. The Bertz CT molecular complexity index is 702. The Balaban J connectivity index is 2.40. The molecule has 10 heteroatoms. The largest absolute Gasteiger partial charge is 0.496 e. The van der Waals surface area contributed by atoms with Crippen molar-refractivity contribution in [2.45, 2.75) is 17.8 Å². The van der Waals surface area contributed by atoms with Crippen molar-refractivity contribution in [3.8, 4) is 5.75 Å². The average molecular weight is 341 g/mol. The second kappa shape index (κ2) is 5.41. The zero-order chi connectivity index (χ0) is 16.7. The predicted octanol–water partition coefficient (Wildman–Crippen LogP) is 2.12. The van der Waals surface area contributed by atoms with Crippen LogP contribution in [0.15, 0.2) is 18.2 Å². The van der Waals surface area contributed by atoms with E-state index in [9.17, 15) is 30.3 Å². The SMILES string of the molecule is COc1ccc(N2CC(S(=O)(=O)F)CC2=O)cc1C(F)(F)F. The van der Waals surface area contributed by atoms with Crippen LogP contribution in [0.3, 0.4) is 0 Å². The fraction of sp³-hybridized carbons (Fsp3) is 0.417. The van der Waals surface area contributed by atoms with Gasteiger partial charge in [0.15, 0.2) is 0 Å². The molecule has 5 nitrogen and oxygen atoms in total. The summed E-state index contributed by atoms with van der Waals surface area (Å²) in [5.41, 5.74) is -1.27. The monoisotopic (exact) mass is 341 g/mol. The second-order valence-electron chi connectivity index (χ2n) is 4.69. The molecule has 0 aliphatic carbocycles. The summed E-state index contributed by atoms with van der Waals surface area (Å²) in [5, 5.41) is -1.57. The number of halogens is 4. The van der Waals surface area contributed by atoms with E-state index in [-0.39, 0.29) is 5.69 Å². The molecule has 0 spiro atoms. The van der Waals surface area contributed by atoms with Crippen molar-refractivity contribution in [1.29, 1.82) is 0 Å².